The van der Waals surface area contributed by atoms with E-state index in [1.165, 1.54) is 51.4 Å². The molecule has 164 valence electrons. The predicted molar refractivity (Wildman–Crippen MR) is 115 cm³/mol. The average Bonchev–Trinajstić information content (AvgIpc) is 2.94. The normalized spacial score (nSPS) is 21.4. The number of hydrogen-bond acceptors (Lipinski definition) is 4. The molecule has 0 aromatic heterocycles. The van der Waals surface area contributed by atoms with Crippen LogP contribution < -0.4 is 0 Å². The second-order valence-electron chi connectivity index (χ2n) is 8.37. The minimum absolute atomic E-state index is 0.119. The van der Waals surface area contributed by atoms with Gasteiger partial charge in [-0.05, 0) is 46.5 Å². The zero-order chi connectivity index (χ0) is 20.7. The van der Waals surface area contributed by atoms with Crippen LogP contribution in [0.15, 0.2) is 12.2 Å². The molecule has 0 unspecified atom stereocenters. The second-order valence-corrected chi connectivity index (χ2v) is 8.37. The Morgan fingerprint density at radius 1 is 0.857 bits per heavy atom. The smallest absolute Gasteiger partial charge is 0.306 e. The number of ether oxygens (including phenoxy) is 3. The van der Waals surface area contributed by atoms with Crippen LogP contribution in [0.4, 0.5) is 0 Å². The van der Waals surface area contributed by atoms with Crippen molar-refractivity contribution < 1.29 is 19.0 Å². The van der Waals surface area contributed by atoms with Crippen molar-refractivity contribution in [1.29, 1.82) is 0 Å². The van der Waals surface area contributed by atoms with Crippen LogP contribution in [0.1, 0.15) is 111 Å². The van der Waals surface area contributed by atoms with Crippen molar-refractivity contribution in [3.63, 3.8) is 0 Å². The molecule has 1 aliphatic heterocycles. The molecule has 0 N–H and O–H groups in total. The lowest BCUT2D eigenvalue weighted by Crippen LogP contribution is -2.22. The number of carbonyl (C=O) groups excluding carboxylic acids is 1. The Balaban J connectivity index is 2.19. The highest BCUT2D eigenvalue weighted by molar-refractivity contribution is 5.69. The first-order chi connectivity index (χ1) is 13.5. The summed E-state index contributed by atoms with van der Waals surface area (Å²) in [4.78, 5) is 11.3. The topological polar surface area (TPSA) is 44.8 Å². The molecule has 0 saturated carbocycles. The first kappa shape index (κ1) is 25.2. The molecule has 0 bridgehead atoms. The number of esters is 1. The van der Waals surface area contributed by atoms with Gasteiger partial charge in [0.15, 0.2) is 5.79 Å². The molecule has 1 rings (SSSR count). The fourth-order valence-corrected chi connectivity index (χ4v) is 3.81. The minimum Gasteiger partial charge on any atom is -0.466 e. The SMILES string of the molecule is CCCCCCCCCC[C@@H]1OC(C)(C)O[C@@H]1CC/C=C/CCC(=O)OCC. The molecule has 0 aliphatic carbocycles. The monoisotopic (exact) mass is 396 g/mol. The molecule has 1 fully saturated rings. The van der Waals surface area contributed by atoms with E-state index in [4.69, 9.17) is 14.2 Å². The van der Waals surface area contributed by atoms with Crippen LogP contribution in [0, 0.1) is 0 Å². The van der Waals surface area contributed by atoms with Crippen molar-refractivity contribution >= 4 is 5.97 Å². The van der Waals surface area contributed by atoms with Crippen molar-refractivity contribution in [3.8, 4) is 0 Å². The largest absolute Gasteiger partial charge is 0.466 e. The quantitative estimate of drug-likeness (QED) is 0.165. The Kier molecular flexibility index (Phi) is 13.5. The molecule has 0 aromatic carbocycles. The average molecular weight is 397 g/mol. The molecular weight excluding hydrogens is 352 g/mol. The molecule has 1 saturated heterocycles. The fourth-order valence-electron chi connectivity index (χ4n) is 3.81. The molecule has 0 radical (unpaired) electrons. The molecule has 4 heteroatoms. The predicted octanol–water partition coefficient (Wildman–Crippen LogP) is 6.72. The lowest BCUT2D eigenvalue weighted by atomic mass is 10.0. The highest BCUT2D eigenvalue weighted by atomic mass is 16.7. The van der Waals surface area contributed by atoms with E-state index in [0.717, 1.165) is 25.7 Å². The maximum absolute atomic E-state index is 11.3. The summed E-state index contributed by atoms with van der Waals surface area (Å²) in [6.45, 7) is 8.59. The van der Waals surface area contributed by atoms with Gasteiger partial charge in [0.05, 0.1) is 18.8 Å². The molecule has 0 amide bonds. The van der Waals surface area contributed by atoms with Crippen LogP contribution in [0.5, 0.6) is 0 Å². The highest BCUT2D eigenvalue weighted by Crippen LogP contribution is 2.33. The number of rotatable bonds is 16. The van der Waals surface area contributed by atoms with E-state index in [0.29, 0.717) is 13.0 Å². The van der Waals surface area contributed by atoms with Gasteiger partial charge in [0, 0.05) is 6.42 Å². The van der Waals surface area contributed by atoms with Crippen LogP contribution in [0.25, 0.3) is 0 Å². The summed E-state index contributed by atoms with van der Waals surface area (Å²) in [5.74, 6) is -0.588. The maximum Gasteiger partial charge on any atom is 0.306 e. The van der Waals surface area contributed by atoms with Gasteiger partial charge in [-0.25, -0.2) is 0 Å². The van der Waals surface area contributed by atoms with E-state index in [2.05, 4.69) is 19.1 Å². The van der Waals surface area contributed by atoms with E-state index < -0.39 is 5.79 Å². The third-order valence-electron chi connectivity index (χ3n) is 5.23. The van der Waals surface area contributed by atoms with Crippen molar-refractivity contribution in [2.75, 3.05) is 6.61 Å². The standard InChI is InChI=1S/C24H44O4/c1-5-7-8-9-10-11-12-15-18-21-22(28-24(3,4)27-21)19-16-13-14-17-20-23(25)26-6-2/h13-14,21-22H,5-12,15-20H2,1-4H3/b14-13+/t21-,22+/m0/s1. The van der Waals surface area contributed by atoms with Gasteiger partial charge >= 0.3 is 5.97 Å². The van der Waals surface area contributed by atoms with Gasteiger partial charge in [-0.2, -0.15) is 0 Å². The second kappa shape index (κ2) is 15.0. The van der Waals surface area contributed by atoms with Crippen LogP contribution in [-0.2, 0) is 19.0 Å². The van der Waals surface area contributed by atoms with Crippen LogP contribution in [-0.4, -0.2) is 30.6 Å². The Morgan fingerprint density at radius 2 is 1.43 bits per heavy atom. The number of allylic oxidation sites excluding steroid dienone is 2. The summed E-state index contributed by atoms with van der Waals surface area (Å²) in [5.41, 5.74) is 0. The minimum atomic E-state index is -0.469. The summed E-state index contributed by atoms with van der Waals surface area (Å²) >= 11 is 0. The third-order valence-corrected chi connectivity index (χ3v) is 5.23. The summed E-state index contributed by atoms with van der Waals surface area (Å²) in [5, 5.41) is 0. The highest BCUT2D eigenvalue weighted by Gasteiger charge is 2.40. The first-order valence-corrected chi connectivity index (χ1v) is 11.6. The van der Waals surface area contributed by atoms with Crippen LogP contribution in [0.2, 0.25) is 0 Å². The summed E-state index contributed by atoms with van der Waals surface area (Å²) in [6.07, 6.45) is 19.5. The summed E-state index contributed by atoms with van der Waals surface area (Å²) < 4.78 is 17.2. The van der Waals surface area contributed by atoms with Crippen LogP contribution in [0.3, 0.4) is 0 Å². The molecule has 1 heterocycles. The number of carbonyl (C=O) groups is 1. The van der Waals surface area contributed by atoms with Crippen molar-refractivity contribution in [2.45, 2.75) is 129 Å². The van der Waals surface area contributed by atoms with E-state index in [-0.39, 0.29) is 18.2 Å². The summed E-state index contributed by atoms with van der Waals surface area (Å²) in [7, 11) is 0. The zero-order valence-electron chi connectivity index (χ0n) is 18.8. The van der Waals surface area contributed by atoms with Gasteiger partial charge in [-0.15, -0.1) is 0 Å². The number of unbranched alkanes of at least 4 members (excludes halogenated alkanes) is 7. The van der Waals surface area contributed by atoms with Gasteiger partial charge in [-0.1, -0.05) is 70.4 Å². The molecule has 2 atom stereocenters. The number of hydrogen-bond donors (Lipinski definition) is 0. The Labute approximate surface area is 173 Å². The fraction of sp³-hybridized carbons (Fsp3) is 0.875. The Hall–Kier alpha value is -0.870. The lowest BCUT2D eigenvalue weighted by molar-refractivity contribution is -0.147. The molecular formula is C24H44O4. The van der Waals surface area contributed by atoms with Crippen molar-refractivity contribution in [3.05, 3.63) is 12.2 Å². The third kappa shape index (κ3) is 11.9. The van der Waals surface area contributed by atoms with Crippen molar-refractivity contribution in [1.82, 2.24) is 0 Å². The molecule has 4 nitrogen and oxygen atoms in total. The van der Waals surface area contributed by atoms with E-state index in [1.807, 2.05) is 20.8 Å². The van der Waals surface area contributed by atoms with E-state index >= 15 is 0 Å². The van der Waals surface area contributed by atoms with Crippen molar-refractivity contribution in [2.24, 2.45) is 0 Å². The molecule has 28 heavy (non-hydrogen) atoms. The zero-order valence-corrected chi connectivity index (χ0v) is 18.8. The van der Waals surface area contributed by atoms with E-state index in [1.54, 1.807) is 0 Å². The van der Waals surface area contributed by atoms with Gasteiger partial charge in [0.25, 0.3) is 0 Å². The van der Waals surface area contributed by atoms with E-state index in [9.17, 15) is 4.79 Å². The van der Waals surface area contributed by atoms with Gasteiger partial charge in [0.2, 0.25) is 0 Å². The summed E-state index contributed by atoms with van der Waals surface area (Å²) in [6, 6.07) is 0. The van der Waals surface area contributed by atoms with Gasteiger partial charge in [0.1, 0.15) is 0 Å². The molecule has 1 aliphatic rings. The molecule has 0 spiro atoms. The lowest BCUT2D eigenvalue weighted by Gasteiger charge is -2.16. The van der Waals surface area contributed by atoms with Gasteiger partial charge < -0.3 is 14.2 Å². The molecule has 0 aromatic rings. The first-order valence-electron chi connectivity index (χ1n) is 11.6. The Bertz CT molecular complexity index is 430. The Morgan fingerprint density at radius 3 is 2.07 bits per heavy atom. The van der Waals surface area contributed by atoms with Gasteiger partial charge in [-0.3, -0.25) is 4.79 Å². The maximum atomic E-state index is 11.3. The van der Waals surface area contributed by atoms with Crippen LogP contribution >= 0.6 is 0 Å².